The van der Waals surface area contributed by atoms with Gasteiger partial charge in [0.15, 0.2) is 0 Å². The molecule has 0 aromatic rings. The Bertz CT molecular complexity index is 289. The molecule has 1 fully saturated rings. The molecule has 1 aliphatic rings. The van der Waals surface area contributed by atoms with Crippen LogP contribution in [0.4, 0.5) is 4.79 Å². The predicted octanol–water partition coefficient (Wildman–Crippen LogP) is 1.65. The van der Waals surface area contributed by atoms with E-state index in [-0.39, 0.29) is 5.90 Å². The van der Waals surface area contributed by atoms with Gasteiger partial charge in [0.25, 0.3) is 5.90 Å². The zero-order chi connectivity index (χ0) is 12.7. The molecule has 1 amide bonds. The molecule has 0 atom stereocenters. The topological polar surface area (TPSA) is 69.2 Å². The van der Waals surface area contributed by atoms with E-state index < -0.39 is 11.7 Å². The van der Waals surface area contributed by atoms with Gasteiger partial charge >= 0.3 is 6.09 Å². The van der Waals surface area contributed by atoms with Crippen LogP contribution in [0.3, 0.4) is 0 Å². The Balaban J connectivity index is 2.38. The minimum Gasteiger partial charge on any atom is -0.474 e. The summed E-state index contributed by atoms with van der Waals surface area (Å²) in [4.78, 5) is 15.9. The first-order valence-corrected chi connectivity index (χ1v) is 5.86. The number of rotatable bonds is 4. The van der Waals surface area contributed by atoms with E-state index in [0.29, 0.717) is 19.8 Å². The van der Waals surface area contributed by atoms with Crippen molar-refractivity contribution in [2.24, 2.45) is 5.16 Å². The predicted molar refractivity (Wildman–Crippen MR) is 62.8 cm³/mol. The number of hydrogen-bond donors (Lipinski definition) is 1. The van der Waals surface area contributed by atoms with Crippen LogP contribution in [0, 0.1) is 0 Å². The number of carbonyl (C=O) groups excluding carboxylic acids is 1. The van der Waals surface area contributed by atoms with Crippen LogP contribution in [-0.2, 0) is 14.3 Å². The SMILES string of the molecule is CCCCNC(=O)ON=C1OCCOC1(C)C. The molecule has 1 saturated heterocycles. The lowest BCUT2D eigenvalue weighted by Crippen LogP contribution is -2.43. The van der Waals surface area contributed by atoms with Gasteiger partial charge in [-0.15, -0.1) is 0 Å². The standard InChI is InChI=1S/C11H20N2O4/c1-4-5-6-12-10(14)17-13-9-11(2,3)16-8-7-15-9/h4-8H2,1-3H3,(H,12,14). The zero-order valence-electron chi connectivity index (χ0n) is 10.6. The number of hydrogen-bond acceptors (Lipinski definition) is 5. The Morgan fingerprint density at radius 3 is 2.94 bits per heavy atom. The van der Waals surface area contributed by atoms with Crippen LogP contribution >= 0.6 is 0 Å². The van der Waals surface area contributed by atoms with Gasteiger partial charge in [0, 0.05) is 6.54 Å². The molecule has 1 aliphatic heterocycles. The normalized spacial score (nSPS) is 20.8. The average Bonchev–Trinajstić information content (AvgIpc) is 2.27. The number of oxime groups is 1. The number of nitrogens with zero attached hydrogens (tertiary/aromatic N) is 1. The van der Waals surface area contributed by atoms with Crippen LogP contribution in [0.5, 0.6) is 0 Å². The molecule has 0 aromatic carbocycles. The maximum atomic E-state index is 11.2. The van der Waals surface area contributed by atoms with E-state index in [4.69, 9.17) is 14.3 Å². The molecule has 0 saturated carbocycles. The molecule has 0 spiro atoms. The lowest BCUT2D eigenvalue weighted by Gasteiger charge is -2.30. The third-order valence-electron chi connectivity index (χ3n) is 2.31. The highest BCUT2D eigenvalue weighted by molar-refractivity contribution is 5.85. The first kappa shape index (κ1) is 13.8. The van der Waals surface area contributed by atoms with Gasteiger partial charge in [-0.25, -0.2) is 4.79 Å². The summed E-state index contributed by atoms with van der Waals surface area (Å²) in [6.45, 7) is 7.17. The van der Waals surface area contributed by atoms with Gasteiger partial charge in [-0.3, -0.25) is 4.84 Å². The molecule has 0 aliphatic carbocycles. The van der Waals surface area contributed by atoms with Crippen molar-refractivity contribution in [3.05, 3.63) is 0 Å². The first-order valence-electron chi connectivity index (χ1n) is 5.86. The van der Waals surface area contributed by atoms with Gasteiger partial charge in [0.2, 0.25) is 0 Å². The summed E-state index contributed by atoms with van der Waals surface area (Å²) >= 11 is 0. The van der Waals surface area contributed by atoms with Gasteiger partial charge < -0.3 is 14.8 Å². The summed E-state index contributed by atoms with van der Waals surface area (Å²) in [5.41, 5.74) is -0.651. The highest BCUT2D eigenvalue weighted by Crippen LogP contribution is 2.17. The highest BCUT2D eigenvalue weighted by Gasteiger charge is 2.32. The van der Waals surface area contributed by atoms with Gasteiger partial charge in [-0.1, -0.05) is 13.3 Å². The molecule has 17 heavy (non-hydrogen) atoms. The van der Waals surface area contributed by atoms with Crippen molar-refractivity contribution in [2.75, 3.05) is 19.8 Å². The lowest BCUT2D eigenvalue weighted by atomic mass is 10.1. The van der Waals surface area contributed by atoms with E-state index in [1.165, 1.54) is 0 Å². The van der Waals surface area contributed by atoms with Crippen molar-refractivity contribution in [1.29, 1.82) is 0 Å². The average molecular weight is 244 g/mol. The fourth-order valence-electron chi connectivity index (χ4n) is 1.29. The second kappa shape index (κ2) is 6.44. The van der Waals surface area contributed by atoms with Crippen LogP contribution in [-0.4, -0.2) is 37.4 Å². The lowest BCUT2D eigenvalue weighted by molar-refractivity contribution is -0.0404. The van der Waals surface area contributed by atoms with E-state index in [1.807, 2.05) is 20.8 Å². The van der Waals surface area contributed by atoms with E-state index in [0.717, 1.165) is 12.8 Å². The molecule has 0 bridgehead atoms. The molecule has 1 N–H and O–H groups in total. The Hall–Kier alpha value is -1.30. The van der Waals surface area contributed by atoms with Crippen LogP contribution in [0.1, 0.15) is 33.6 Å². The summed E-state index contributed by atoms with van der Waals surface area (Å²) in [6.07, 6.45) is 1.35. The Labute approximate surface area is 101 Å². The van der Waals surface area contributed by atoms with Gasteiger partial charge in [-0.2, -0.15) is 0 Å². The van der Waals surface area contributed by atoms with Crippen molar-refractivity contribution in [2.45, 2.75) is 39.2 Å². The van der Waals surface area contributed by atoms with E-state index in [1.54, 1.807) is 0 Å². The van der Waals surface area contributed by atoms with E-state index in [2.05, 4.69) is 10.5 Å². The molecule has 6 heteroatoms. The zero-order valence-corrected chi connectivity index (χ0v) is 10.6. The molecule has 98 valence electrons. The Kier molecular flexibility index (Phi) is 5.21. The molecular formula is C11H20N2O4. The van der Waals surface area contributed by atoms with Crippen molar-refractivity contribution < 1.29 is 19.1 Å². The quantitative estimate of drug-likeness (QED) is 0.464. The van der Waals surface area contributed by atoms with Crippen molar-refractivity contribution in [1.82, 2.24) is 5.32 Å². The molecule has 0 aromatic heterocycles. The van der Waals surface area contributed by atoms with Crippen molar-refractivity contribution in [3.8, 4) is 0 Å². The number of amides is 1. The second-order valence-electron chi connectivity index (χ2n) is 4.26. The van der Waals surface area contributed by atoms with Crippen LogP contribution in [0.2, 0.25) is 0 Å². The summed E-state index contributed by atoms with van der Waals surface area (Å²) < 4.78 is 10.7. The molecule has 1 rings (SSSR count). The number of nitrogens with one attached hydrogen (secondary N) is 1. The monoisotopic (exact) mass is 244 g/mol. The van der Waals surface area contributed by atoms with Crippen LogP contribution < -0.4 is 5.32 Å². The summed E-state index contributed by atoms with van der Waals surface area (Å²) in [5, 5.41) is 6.26. The first-order chi connectivity index (χ1) is 8.06. The number of unbranched alkanes of at least 4 members (excludes halogenated alkanes) is 1. The minimum atomic E-state index is -0.651. The maximum Gasteiger partial charge on any atom is 0.433 e. The van der Waals surface area contributed by atoms with Gasteiger partial charge in [0.1, 0.15) is 12.2 Å². The third kappa shape index (κ3) is 4.60. The van der Waals surface area contributed by atoms with Gasteiger partial charge in [-0.05, 0) is 25.4 Å². The number of ether oxygens (including phenoxy) is 2. The number of carbonyl (C=O) groups is 1. The fourth-order valence-corrected chi connectivity index (χ4v) is 1.29. The molecular weight excluding hydrogens is 224 g/mol. The molecule has 1 heterocycles. The van der Waals surface area contributed by atoms with E-state index >= 15 is 0 Å². The van der Waals surface area contributed by atoms with Crippen molar-refractivity contribution in [3.63, 3.8) is 0 Å². The third-order valence-corrected chi connectivity index (χ3v) is 2.31. The molecule has 0 radical (unpaired) electrons. The van der Waals surface area contributed by atoms with Crippen molar-refractivity contribution >= 4 is 12.0 Å². The molecule has 6 nitrogen and oxygen atoms in total. The summed E-state index contributed by atoms with van der Waals surface area (Å²) in [5.74, 6) is 0.286. The molecule has 0 unspecified atom stereocenters. The highest BCUT2D eigenvalue weighted by atomic mass is 16.7. The largest absolute Gasteiger partial charge is 0.474 e. The van der Waals surface area contributed by atoms with E-state index in [9.17, 15) is 4.79 Å². The summed E-state index contributed by atoms with van der Waals surface area (Å²) in [7, 11) is 0. The fraction of sp³-hybridized carbons (Fsp3) is 0.818. The Morgan fingerprint density at radius 1 is 1.53 bits per heavy atom. The van der Waals surface area contributed by atoms with Crippen LogP contribution in [0.15, 0.2) is 5.16 Å². The smallest absolute Gasteiger partial charge is 0.433 e. The maximum absolute atomic E-state index is 11.2. The summed E-state index contributed by atoms with van der Waals surface area (Å²) in [6, 6.07) is 0. The second-order valence-corrected chi connectivity index (χ2v) is 4.26. The van der Waals surface area contributed by atoms with Crippen LogP contribution in [0.25, 0.3) is 0 Å². The Morgan fingerprint density at radius 2 is 2.29 bits per heavy atom. The van der Waals surface area contributed by atoms with Gasteiger partial charge in [0.05, 0.1) is 6.61 Å². The minimum absolute atomic E-state index is 0.286.